The van der Waals surface area contributed by atoms with E-state index >= 15 is 0 Å². The summed E-state index contributed by atoms with van der Waals surface area (Å²) in [6, 6.07) is 0. The van der Waals surface area contributed by atoms with Gasteiger partial charge in [-0.15, -0.1) is 0 Å². The van der Waals surface area contributed by atoms with Crippen LogP contribution < -0.4 is 0 Å². The lowest BCUT2D eigenvalue weighted by Crippen LogP contribution is -2.65. The van der Waals surface area contributed by atoms with Crippen molar-refractivity contribution in [2.24, 2.45) is 17.8 Å². The molecule has 0 aromatic carbocycles. The third-order valence-corrected chi connectivity index (χ3v) is 4.83. The van der Waals surface area contributed by atoms with E-state index in [1.54, 1.807) is 0 Å². The maximum absolute atomic E-state index is 11.7. The summed E-state index contributed by atoms with van der Waals surface area (Å²) < 4.78 is 0. The van der Waals surface area contributed by atoms with Gasteiger partial charge in [0.1, 0.15) is 5.54 Å². The largest absolute Gasteiger partial charge is 0.480 e. The minimum absolute atomic E-state index is 0.539. The third-order valence-electron chi connectivity index (χ3n) is 4.83. The molecule has 2 rings (SSSR count). The van der Waals surface area contributed by atoms with Gasteiger partial charge in [0.05, 0.1) is 0 Å². The third kappa shape index (κ3) is 2.22. The van der Waals surface area contributed by atoms with Crippen LogP contribution in [0.5, 0.6) is 0 Å². The van der Waals surface area contributed by atoms with E-state index in [0.29, 0.717) is 17.8 Å². The lowest BCUT2D eigenvalue weighted by molar-refractivity contribution is -0.163. The van der Waals surface area contributed by atoms with Gasteiger partial charge >= 0.3 is 5.97 Å². The lowest BCUT2D eigenvalue weighted by atomic mass is 9.72. The van der Waals surface area contributed by atoms with Gasteiger partial charge in [0.15, 0.2) is 0 Å². The van der Waals surface area contributed by atoms with Crippen LogP contribution in [0.2, 0.25) is 0 Å². The van der Waals surface area contributed by atoms with E-state index in [1.165, 1.54) is 6.42 Å². The van der Waals surface area contributed by atoms with Gasteiger partial charge in [-0.1, -0.05) is 33.6 Å². The smallest absolute Gasteiger partial charge is 0.324 e. The Morgan fingerprint density at radius 3 is 2.53 bits per heavy atom. The Labute approximate surface area is 104 Å². The van der Waals surface area contributed by atoms with Crippen LogP contribution in [0.15, 0.2) is 0 Å². The molecule has 1 heterocycles. The van der Waals surface area contributed by atoms with Crippen molar-refractivity contribution in [1.29, 1.82) is 0 Å². The zero-order chi connectivity index (χ0) is 12.6. The molecule has 2 atom stereocenters. The van der Waals surface area contributed by atoms with Crippen molar-refractivity contribution in [2.75, 3.05) is 13.1 Å². The summed E-state index contributed by atoms with van der Waals surface area (Å²) in [5, 5.41) is 9.63. The second-order valence-electron chi connectivity index (χ2n) is 6.45. The Kier molecular flexibility index (Phi) is 3.48. The molecular weight excluding hydrogens is 214 g/mol. The fourth-order valence-electron chi connectivity index (χ4n) is 3.42. The first-order valence-corrected chi connectivity index (χ1v) is 6.94. The van der Waals surface area contributed by atoms with Gasteiger partial charge < -0.3 is 5.11 Å². The fourth-order valence-corrected chi connectivity index (χ4v) is 3.42. The van der Waals surface area contributed by atoms with E-state index in [0.717, 1.165) is 32.4 Å². The van der Waals surface area contributed by atoms with Gasteiger partial charge in [0.2, 0.25) is 0 Å². The molecule has 0 amide bonds. The highest BCUT2D eigenvalue weighted by Gasteiger charge is 2.51. The summed E-state index contributed by atoms with van der Waals surface area (Å²) in [4.78, 5) is 13.9. The Hall–Kier alpha value is -0.570. The molecule has 1 aliphatic heterocycles. The van der Waals surface area contributed by atoms with Crippen LogP contribution in [0, 0.1) is 17.8 Å². The van der Waals surface area contributed by atoms with Crippen molar-refractivity contribution in [3.8, 4) is 0 Å². The average Bonchev–Trinajstić information content (AvgIpc) is 2.14. The Morgan fingerprint density at radius 2 is 2.06 bits per heavy atom. The van der Waals surface area contributed by atoms with Crippen LogP contribution in [0.1, 0.15) is 46.5 Å². The number of likely N-dealkylation sites (tertiary alicyclic amines) is 1. The van der Waals surface area contributed by atoms with Crippen LogP contribution in [0.25, 0.3) is 0 Å². The van der Waals surface area contributed by atoms with Crippen LogP contribution in [-0.2, 0) is 4.79 Å². The maximum Gasteiger partial charge on any atom is 0.324 e. The number of hydrogen-bond donors (Lipinski definition) is 1. The number of rotatable bonds is 3. The summed E-state index contributed by atoms with van der Waals surface area (Å²) in [7, 11) is 0. The molecule has 3 nitrogen and oxygen atoms in total. The topological polar surface area (TPSA) is 40.5 Å². The average molecular weight is 239 g/mol. The maximum atomic E-state index is 11.7. The molecule has 1 aliphatic carbocycles. The van der Waals surface area contributed by atoms with E-state index in [4.69, 9.17) is 0 Å². The predicted molar refractivity (Wildman–Crippen MR) is 67.9 cm³/mol. The van der Waals surface area contributed by atoms with E-state index in [1.807, 2.05) is 0 Å². The van der Waals surface area contributed by atoms with Crippen LogP contribution in [-0.4, -0.2) is 34.6 Å². The standard InChI is InChI=1S/C14H25NO2/c1-10(2)12-8-15(9-12)14(13(16)17)6-4-5-11(3)7-14/h10-12H,4-9H2,1-3H3,(H,16,17). The molecular formula is C14H25NO2. The number of hydrogen-bond acceptors (Lipinski definition) is 2. The quantitative estimate of drug-likeness (QED) is 0.823. The van der Waals surface area contributed by atoms with Gasteiger partial charge in [-0.2, -0.15) is 0 Å². The van der Waals surface area contributed by atoms with Crippen LogP contribution >= 0.6 is 0 Å². The number of carboxylic acid groups (broad SMARTS) is 1. The van der Waals surface area contributed by atoms with Gasteiger partial charge in [0, 0.05) is 13.1 Å². The Balaban J connectivity index is 2.06. The van der Waals surface area contributed by atoms with Crippen molar-refractivity contribution in [2.45, 2.75) is 52.0 Å². The highest BCUT2D eigenvalue weighted by Crippen LogP contribution is 2.41. The minimum Gasteiger partial charge on any atom is -0.480 e. The molecule has 2 aliphatic rings. The molecule has 0 spiro atoms. The lowest BCUT2D eigenvalue weighted by Gasteiger charge is -2.53. The van der Waals surface area contributed by atoms with E-state index in [-0.39, 0.29) is 0 Å². The molecule has 0 aromatic heterocycles. The summed E-state index contributed by atoms with van der Waals surface area (Å²) in [6.45, 7) is 8.63. The van der Waals surface area contributed by atoms with Gasteiger partial charge in [-0.3, -0.25) is 9.69 Å². The Morgan fingerprint density at radius 1 is 1.41 bits per heavy atom. The predicted octanol–water partition coefficient (Wildman–Crippen LogP) is 2.61. The van der Waals surface area contributed by atoms with E-state index < -0.39 is 11.5 Å². The van der Waals surface area contributed by atoms with Crippen molar-refractivity contribution in [1.82, 2.24) is 4.90 Å². The second kappa shape index (κ2) is 4.60. The molecule has 1 N–H and O–H groups in total. The number of carbonyl (C=O) groups is 1. The van der Waals surface area contributed by atoms with E-state index in [2.05, 4.69) is 25.7 Å². The number of carboxylic acids is 1. The number of nitrogens with zero attached hydrogens (tertiary/aromatic N) is 1. The van der Waals surface area contributed by atoms with Gasteiger partial charge in [-0.25, -0.2) is 0 Å². The van der Waals surface area contributed by atoms with Gasteiger partial charge in [-0.05, 0) is 30.6 Å². The molecule has 2 unspecified atom stereocenters. The zero-order valence-electron chi connectivity index (χ0n) is 11.3. The summed E-state index contributed by atoms with van der Waals surface area (Å²) >= 11 is 0. The molecule has 0 radical (unpaired) electrons. The minimum atomic E-state index is -0.591. The van der Waals surface area contributed by atoms with Crippen LogP contribution in [0.4, 0.5) is 0 Å². The van der Waals surface area contributed by atoms with Crippen LogP contribution in [0.3, 0.4) is 0 Å². The second-order valence-corrected chi connectivity index (χ2v) is 6.45. The molecule has 0 bridgehead atoms. The molecule has 3 heteroatoms. The van der Waals surface area contributed by atoms with E-state index in [9.17, 15) is 9.90 Å². The first kappa shape index (κ1) is 12.9. The van der Waals surface area contributed by atoms with Crippen molar-refractivity contribution in [3.05, 3.63) is 0 Å². The zero-order valence-corrected chi connectivity index (χ0v) is 11.3. The Bertz CT molecular complexity index is 297. The van der Waals surface area contributed by atoms with Crippen molar-refractivity contribution < 1.29 is 9.90 Å². The summed E-state index contributed by atoms with van der Waals surface area (Å²) in [6.07, 6.45) is 3.94. The summed E-state index contributed by atoms with van der Waals surface area (Å²) in [5.41, 5.74) is -0.539. The van der Waals surface area contributed by atoms with Gasteiger partial charge in [0.25, 0.3) is 0 Å². The fraction of sp³-hybridized carbons (Fsp3) is 0.929. The van der Waals surface area contributed by atoms with Crippen molar-refractivity contribution >= 4 is 5.97 Å². The first-order valence-electron chi connectivity index (χ1n) is 6.94. The normalized spacial score (nSPS) is 35.9. The molecule has 2 fully saturated rings. The highest BCUT2D eigenvalue weighted by atomic mass is 16.4. The SMILES string of the molecule is CC1CCCC(C(=O)O)(N2CC(C(C)C)C2)C1. The number of aliphatic carboxylic acids is 1. The monoisotopic (exact) mass is 239 g/mol. The summed E-state index contributed by atoms with van der Waals surface area (Å²) in [5.74, 6) is 1.34. The molecule has 0 aromatic rings. The molecule has 1 saturated carbocycles. The first-order chi connectivity index (χ1) is 7.95. The molecule has 17 heavy (non-hydrogen) atoms. The molecule has 1 saturated heterocycles. The molecule has 98 valence electrons. The highest BCUT2D eigenvalue weighted by molar-refractivity contribution is 5.79. The van der Waals surface area contributed by atoms with Crippen molar-refractivity contribution in [3.63, 3.8) is 0 Å².